The minimum absolute atomic E-state index is 0.192. The van der Waals surface area contributed by atoms with Gasteiger partial charge in [-0.2, -0.15) is 0 Å². The summed E-state index contributed by atoms with van der Waals surface area (Å²) in [6.45, 7) is -0.0372. The first kappa shape index (κ1) is 15.8. The van der Waals surface area contributed by atoms with Gasteiger partial charge in [0.25, 0.3) is 0 Å². The van der Waals surface area contributed by atoms with E-state index in [1.54, 1.807) is 0 Å². The maximum atomic E-state index is 13.0. The number of hydrogen-bond donors (Lipinski definition) is 3. The number of amides is 1. The fourth-order valence-electron chi connectivity index (χ4n) is 2.35. The van der Waals surface area contributed by atoms with Gasteiger partial charge in [0.2, 0.25) is 5.91 Å². The van der Waals surface area contributed by atoms with Crippen LogP contribution in [0.25, 0.3) is 0 Å². The Kier molecular flexibility index (Phi) is 5.22. The van der Waals surface area contributed by atoms with E-state index >= 15 is 0 Å². The van der Waals surface area contributed by atoms with Gasteiger partial charge < -0.3 is 20.3 Å². The van der Waals surface area contributed by atoms with Gasteiger partial charge in [0.1, 0.15) is 23.8 Å². The number of aliphatic hydroxyl groups is 2. The number of benzene rings is 1. The van der Waals surface area contributed by atoms with E-state index in [-0.39, 0.29) is 18.6 Å². The zero-order valence-electron chi connectivity index (χ0n) is 11.3. The first-order valence-corrected chi connectivity index (χ1v) is 6.64. The van der Waals surface area contributed by atoms with E-state index in [9.17, 15) is 18.7 Å². The summed E-state index contributed by atoms with van der Waals surface area (Å²) in [4.78, 5) is 11.9. The van der Waals surface area contributed by atoms with Crippen molar-refractivity contribution in [2.24, 2.45) is 0 Å². The molecule has 116 valence electrons. The number of halogens is 2. The Morgan fingerprint density at radius 2 is 2.00 bits per heavy atom. The van der Waals surface area contributed by atoms with Crippen molar-refractivity contribution in [3.63, 3.8) is 0 Å². The fourth-order valence-corrected chi connectivity index (χ4v) is 2.35. The van der Waals surface area contributed by atoms with Gasteiger partial charge in [0.05, 0.1) is 19.1 Å². The molecule has 0 aliphatic carbocycles. The lowest BCUT2D eigenvalue weighted by Gasteiger charge is -2.34. The third-order valence-corrected chi connectivity index (χ3v) is 3.37. The van der Waals surface area contributed by atoms with E-state index in [0.717, 1.165) is 18.2 Å². The standard InChI is InChI=1S/C14H17F2NO4/c15-9-3-8(4-10(16)6-9)5-13(19)17-11-1-2-21-12(7-18)14(11)20/h3-4,6,11-12,14,18,20H,1-2,5,7H2,(H,17,19)/t11-,12+,14-/m0/s1. The number of aliphatic hydroxyl groups excluding tert-OH is 2. The predicted octanol–water partition coefficient (Wildman–Crippen LogP) is 0.134. The molecule has 0 radical (unpaired) electrons. The average Bonchev–Trinajstić information content (AvgIpc) is 2.40. The number of nitrogens with one attached hydrogen (secondary N) is 1. The number of carbonyl (C=O) groups is 1. The van der Waals surface area contributed by atoms with Gasteiger partial charge in [0, 0.05) is 12.7 Å². The van der Waals surface area contributed by atoms with Crippen molar-refractivity contribution in [1.82, 2.24) is 5.32 Å². The highest BCUT2D eigenvalue weighted by atomic mass is 19.1. The maximum Gasteiger partial charge on any atom is 0.224 e. The average molecular weight is 301 g/mol. The zero-order valence-corrected chi connectivity index (χ0v) is 11.3. The Labute approximate surface area is 120 Å². The van der Waals surface area contributed by atoms with Crippen molar-refractivity contribution in [3.05, 3.63) is 35.4 Å². The smallest absolute Gasteiger partial charge is 0.224 e. The van der Waals surface area contributed by atoms with Gasteiger partial charge in [-0.3, -0.25) is 4.79 Å². The highest BCUT2D eigenvalue weighted by Crippen LogP contribution is 2.15. The molecule has 0 saturated carbocycles. The van der Waals surface area contributed by atoms with Crippen LogP contribution >= 0.6 is 0 Å². The van der Waals surface area contributed by atoms with Crippen molar-refractivity contribution in [2.45, 2.75) is 31.1 Å². The molecule has 2 rings (SSSR count). The zero-order chi connectivity index (χ0) is 15.4. The van der Waals surface area contributed by atoms with Crippen molar-refractivity contribution in [3.8, 4) is 0 Å². The van der Waals surface area contributed by atoms with E-state index in [1.165, 1.54) is 0 Å². The third-order valence-electron chi connectivity index (χ3n) is 3.37. The van der Waals surface area contributed by atoms with E-state index in [4.69, 9.17) is 9.84 Å². The lowest BCUT2D eigenvalue weighted by Crippen LogP contribution is -2.54. The molecule has 5 nitrogen and oxygen atoms in total. The summed E-state index contributed by atoms with van der Waals surface area (Å²) in [6.07, 6.45) is -1.55. The molecule has 1 heterocycles. The number of ether oxygens (including phenoxy) is 1. The quantitative estimate of drug-likeness (QED) is 0.739. The largest absolute Gasteiger partial charge is 0.394 e. The summed E-state index contributed by atoms with van der Waals surface area (Å²) in [7, 11) is 0. The Hall–Kier alpha value is -1.57. The van der Waals surface area contributed by atoms with Gasteiger partial charge in [-0.25, -0.2) is 8.78 Å². The van der Waals surface area contributed by atoms with Crippen molar-refractivity contribution in [2.75, 3.05) is 13.2 Å². The van der Waals surface area contributed by atoms with Gasteiger partial charge in [0.15, 0.2) is 0 Å². The lowest BCUT2D eigenvalue weighted by molar-refractivity contribution is -0.131. The monoisotopic (exact) mass is 301 g/mol. The molecule has 3 atom stereocenters. The van der Waals surface area contributed by atoms with Crippen LogP contribution < -0.4 is 5.32 Å². The molecule has 3 N–H and O–H groups in total. The second kappa shape index (κ2) is 6.93. The van der Waals surface area contributed by atoms with Crippen LogP contribution in [0.1, 0.15) is 12.0 Å². The van der Waals surface area contributed by atoms with Gasteiger partial charge in [-0.15, -0.1) is 0 Å². The summed E-state index contributed by atoms with van der Waals surface area (Å²) >= 11 is 0. The van der Waals surface area contributed by atoms with Crippen LogP contribution in [-0.4, -0.2) is 47.6 Å². The predicted molar refractivity (Wildman–Crippen MR) is 69.4 cm³/mol. The summed E-state index contributed by atoms with van der Waals surface area (Å²) in [5.74, 6) is -1.95. The number of carbonyl (C=O) groups excluding carboxylic acids is 1. The molecule has 0 aromatic heterocycles. The molecule has 1 aliphatic rings. The molecule has 1 aromatic rings. The maximum absolute atomic E-state index is 13.0. The topological polar surface area (TPSA) is 78.8 Å². The van der Waals surface area contributed by atoms with E-state index < -0.39 is 35.8 Å². The highest BCUT2D eigenvalue weighted by Gasteiger charge is 2.33. The van der Waals surface area contributed by atoms with Gasteiger partial charge >= 0.3 is 0 Å². The molecule has 0 unspecified atom stereocenters. The van der Waals surface area contributed by atoms with E-state index in [2.05, 4.69) is 5.32 Å². The summed E-state index contributed by atoms with van der Waals surface area (Å²) in [6, 6.07) is 2.34. The van der Waals surface area contributed by atoms with E-state index in [1.807, 2.05) is 0 Å². The van der Waals surface area contributed by atoms with Crippen LogP contribution in [0.15, 0.2) is 18.2 Å². The molecule has 1 saturated heterocycles. The summed E-state index contributed by atoms with van der Waals surface area (Å²) in [5, 5.41) is 21.5. The fraction of sp³-hybridized carbons (Fsp3) is 0.500. The second-order valence-corrected chi connectivity index (χ2v) is 5.00. The van der Waals surface area contributed by atoms with Gasteiger partial charge in [-0.1, -0.05) is 0 Å². The van der Waals surface area contributed by atoms with Gasteiger partial charge in [-0.05, 0) is 24.1 Å². The molecular weight excluding hydrogens is 284 g/mol. The highest BCUT2D eigenvalue weighted by molar-refractivity contribution is 5.78. The van der Waals surface area contributed by atoms with Crippen LogP contribution in [0.5, 0.6) is 0 Å². The summed E-state index contributed by atoms with van der Waals surface area (Å²) < 4.78 is 31.2. The van der Waals surface area contributed by atoms with Crippen molar-refractivity contribution >= 4 is 5.91 Å². The SMILES string of the molecule is O=C(Cc1cc(F)cc(F)c1)N[C@H]1CCO[C@H](CO)[C@H]1O. The van der Waals surface area contributed by atoms with Crippen LogP contribution in [0.2, 0.25) is 0 Å². The summed E-state index contributed by atoms with van der Waals surface area (Å²) in [5.41, 5.74) is 0.213. The van der Waals surface area contributed by atoms with Crippen LogP contribution in [0.3, 0.4) is 0 Å². The number of rotatable bonds is 4. The molecule has 1 aliphatic heterocycles. The molecule has 1 fully saturated rings. The Morgan fingerprint density at radius 3 is 2.62 bits per heavy atom. The van der Waals surface area contributed by atoms with Crippen molar-refractivity contribution < 1.29 is 28.5 Å². The molecule has 0 spiro atoms. The normalized spacial score (nSPS) is 25.6. The molecular formula is C14H17F2NO4. The Bertz CT molecular complexity index is 491. The molecule has 0 bridgehead atoms. The lowest BCUT2D eigenvalue weighted by atomic mass is 9.99. The second-order valence-electron chi connectivity index (χ2n) is 5.00. The first-order chi connectivity index (χ1) is 9.99. The first-order valence-electron chi connectivity index (χ1n) is 6.64. The van der Waals surface area contributed by atoms with E-state index in [0.29, 0.717) is 13.0 Å². The van der Waals surface area contributed by atoms with Crippen LogP contribution in [0.4, 0.5) is 8.78 Å². The molecule has 21 heavy (non-hydrogen) atoms. The number of hydrogen-bond acceptors (Lipinski definition) is 4. The van der Waals surface area contributed by atoms with Crippen molar-refractivity contribution in [1.29, 1.82) is 0 Å². The Balaban J connectivity index is 1.95. The molecule has 1 amide bonds. The molecule has 1 aromatic carbocycles. The minimum atomic E-state index is -1.02. The van der Waals surface area contributed by atoms with Crippen LogP contribution in [-0.2, 0) is 16.0 Å². The Morgan fingerprint density at radius 1 is 1.33 bits per heavy atom. The van der Waals surface area contributed by atoms with Crippen LogP contribution in [0, 0.1) is 11.6 Å². The third kappa shape index (κ3) is 4.20. The molecule has 7 heteroatoms. The minimum Gasteiger partial charge on any atom is -0.394 e.